The molecule has 5 nitrogen and oxygen atoms in total. The number of benzene rings is 1. The van der Waals surface area contributed by atoms with E-state index in [4.69, 9.17) is 16.3 Å². The Bertz CT molecular complexity index is 604. The third kappa shape index (κ3) is 4.38. The van der Waals surface area contributed by atoms with E-state index in [1.165, 1.54) is 7.11 Å². The van der Waals surface area contributed by atoms with E-state index in [1.54, 1.807) is 12.1 Å². The summed E-state index contributed by atoms with van der Waals surface area (Å²) in [7, 11) is 1.53. The Morgan fingerprint density at radius 1 is 1.30 bits per heavy atom. The van der Waals surface area contributed by atoms with Crippen LogP contribution in [0.15, 0.2) is 12.1 Å². The Morgan fingerprint density at radius 3 is 2.65 bits per heavy atom. The van der Waals surface area contributed by atoms with Crippen molar-refractivity contribution in [1.29, 1.82) is 0 Å². The van der Waals surface area contributed by atoms with E-state index < -0.39 is 0 Å². The molecule has 2 amide bonds. The third-order valence-electron chi connectivity index (χ3n) is 4.03. The summed E-state index contributed by atoms with van der Waals surface area (Å²) < 4.78 is 5.24. The van der Waals surface area contributed by atoms with Crippen molar-refractivity contribution in [3.63, 3.8) is 0 Å². The molecule has 0 aliphatic heterocycles. The van der Waals surface area contributed by atoms with Gasteiger partial charge in [-0.3, -0.25) is 9.59 Å². The molecule has 2 N–H and O–H groups in total. The first kappa shape index (κ1) is 17.6. The zero-order valence-corrected chi connectivity index (χ0v) is 14.5. The first-order valence-corrected chi connectivity index (χ1v) is 8.28. The fourth-order valence-corrected chi connectivity index (χ4v) is 2.60. The summed E-state index contributed by atoms with van der Waals surface area (Å²) in [6, 6.07) is 3.45. The highest BCUT2D eigenvalue weighted by Gasteiger charge is 2.48. The number of carbonyl (C=O) groups is 2. The number of ether oxygens (including phenoxy) is 1. The fraction of sp³-hybridized carbons (Fsp3) is 0.529. The normalized spacial score (nSPS) is 19.1. The average Bonchev–Trinajstić information content (AvgIpc) is 3.31. The van der Waals surface area contributed by atoms with E-state index in [0.717, 1.165) is 18.4 Å². The molecule has 1 saturated carbocycles. The maximum absolute atomic E-state index is 12.3. The first-order chi connectivity index (χ1) is 11.0. The second-order valence-corrected chi connectivity index (χ2v) is 6.29. The number of halogens is 1. The molecule has 0 aromatic heterocycles. The highest BCUT2D eigenvalue weighted by molar-refractivity contribution is 6.31. The van der Waals surface area contributed by atoms with Crippen molar-refractivity contribution in [3.8, 4) is 5.75 Å². The molecule has 0 bridgehead atoms. The van der Waals surface area contributed by atoms with E-state index >= 15 is 0 Å². The van der Waals surface area contributed by atoms with Crippen LogP contribution in [0.25, 0.3) is 0 Å². The van der Waals surface area contributed by atoms with Crippen LogP contribution in [0.3, 0.4) is 0 Å². The monoisotopic (exact) mass is 338 g/mol. The minimum atomic E-state index is -0.266. The van der Waals surface area contributed by atoms with Gasteiger partial charge in [0, 0.05) is 17.6 Å². The largest absolute Gasteiger partial charge is 0.495 e. The van der Waals surface area contributed by atoms with Crippen LogP contribution in [-0.4, -0.2) is 25.5 Å². The molecule has 126 valence electrons. The lowest BCUT2D eigenvalue weighted by molar-refractivity contribution is -0.125. The second-order valence-electron chi connectivity index (χ2n) is 5.88. The van der Waals surface area contributed by atoms with Crippen LogP contribution in [0.1, 0.15) is 31.7 Å². The Morgan fingerprint density at radius 2 is 2.00 bits per heavy atom. The molecule has 1 aliphatic rings. The summed E-state index contributed by atoms with van der Waals surface area (Å²) in [6.07, 6.45) is 2.58. The Labute approximate surface area is 141 Å². The molecule has 1 fully saturated rings. The Kier molecular flexibility index (Phi) is 5.88. The summed E-state index contributed by atoms with van der Waals surface area (Å²) in [5, 5.41) is 6.30. The summed E-state index contributed by atoms with van der Waals surface area (Å²) >= 11 is 6.06. The van der Waals surface area contributed by atoms with Crippen molar-refractivity contribution < 1.29 is 14.3 Å². The molecule has 0 radical (unpaired) electrons. The van der Waals surface area contributed by atoms with Crippen LogP contribution >= 0.6 is 11.6 Å². The molecule has 6 heteroatoms. The Balaban J connectivity index is 1.94. The zero-order chi connectivity index (χ0) is 17.0. The Hall–Kier alpha value is -1.75. The standard InChI is InChI=1S/C17H23ClN2O3/c1-4-5-6-19-16(21)11-8-12(11)17(22)20-14-7-10(2)13(18)9-15(14)23-3/h7,9,11-12H,4-6,8H2,1-3H3,(H,19,21)(H,20,22). The molecule has 0 heterocycles. The minimum Gasteiger partial charge on any atom is -0.495 e. The van der Waals surface area contributed by atoms with Gasteiger partial charge in [0.05, 0.1) is 24.6 Å². The van der Waals surface area contributed by atoms with Crippen molar-refractivity contribution in [2.45, 2.75) is 33.1 Å². The minimum absolute atomic E-state index is 0.0298. The quantitative estimate of drug-likeness (QED) is 0.750. The van der Waals surface area contributed by atoms with Gasteiger partial charge in [0.2, 0.25) is 11.8 Å². The van der Waals surface area contributed by atoms with Crippen LogP contribution < -0.4 is 15.4 Å². The highest BCUT2D eigenvalue weighted by Crippen LogP contribution is 2.40. The summed E-state index contributed by atoms with van der Waals surface area (Å²) in [6.45, 7) is 4.60. The van der Waals surface area contributed by atoms with Crippen molar-refractivity contribution in [2.75, 3.05) is 19.0 Å². The van der Waals surface area contributed by atoms with E-state index in [1.807, 2.05) is 6.92 Å². The highest BCUT2D eigenvalue weighted by atomic mass is 35.5. The molecule has 2 atom stereocenters. The number of unbranched alkanes of at least 4 members (excludes halogenated alkanes) is 1. The average molecular weight is 339 g/mol. The van der Waals surface area contributed by atoms with Gasteiger partial charge in [0.15, 0.2) is 0 Å². The van der Waals surface area contributed by atoms with Gasteiger partial charge in [-0.1, -0.05) is 24.9 Å². The lowest BCUT2D eigenvalue weighted by Gasteiger charge is -2.12. The number of methoxy groups -OCH3 is 1. The number of carbonyl (C=O) groups excluding carboxylic acids is 2. The molecule has 1 aromatic carbocycles. The molecular weight excluding hydrogens is 316 g/mol. The van der Waals surface area contributed by atoms with Crippen molar-refractivity contribution in [3.05, 3.63) is 22.7 Å². The van der Waals surface area contributed by atoms with Crippen molar-refractivity contribution >= 4 is 29.1 Å². The maximum atomic E-state index is 12.3. The number of hydrogen-bond donors (Lipinski definition) is 2. The van der Waals surface area contributed by atoms with Gasteiger partial charge in [0.1, 0.15) is 5.75 Å². The summed E-state index contributed by atoms with van der Waals surface area (Å²) in [5.41, 5.74) is 1.43. The number of nitrogens with one attached hydrogen (secondary N) is 2. The van der Waals surface area contributed by atoms with Crippen LogP contribution in [0.4, 0.5) is 5.69 Å². The van der Waals surface area contributed by atoms with Crippen molar-refractivity contribution in [2.24, 2.45) is 11.8 Å². The van der Waals surface area contributed by atoms with E-state index in [9.17, 15) is 9.59 Å². The number of rotatable bonds is 7. The molecule has 23 heavy (non-hydrogen) atoms. The van der Waals surface area contributed by atoms with Gasteiger partial charge in [-0.05, 0) is 31.4 Å². The SMILES string of the molecule is CCCCNC(=O)C1CC1C(=O)Nc1cc(C)c(Cl)cc1OC. The first-order valence-electron chi connectivity index (χ1n) is 7.90. The topological polar surface area (TPSA) is 67.4 Å². The molecule has 1 aromatic rings. The van der Waals surface area contributed by atoms with Gasteiger partial charge in [-0.15, -0.1) is 0 Å². The van der Waals surface area contributed by atoms with Crippen LogP contribution in [0.5, 0.6) is 5.75 Å². The number of aryl methyl sites for hydroxylation is 1. The van der Waals surface area contributed by atoms with E-state index in [2.05, 4.69) is 17.6 Å². The van der Waals surface area contributed by atoms with Gasteiger partial charge in [-0.2, -0.15) is 0 Å². The number of hydrogen-bond acceptors (Lipinski definition) is 3. The van der Waals surface area contributed by atoms with Crippen LogP contribution in [-0.2, 0) is 9.59 Å². The van der Waals surface area contributed by atoms with E-state index in [0.29, 0.717) is 29.4 Å². The number of amides is 2. The summed E-state index contributed by atoms with van der Waals surface area (Å²) in [4.78, 5) is 24.2. The molecular formula is C17H23ClN2O3. The van der Waals surface area contributed by atoms with E-state index in [-0.39, 0.29) is 23.7 Å². The molecule has 0 saturated heterocycles. The smallest absolute Gasteiger partial charge is 0.228 e. The maximum Gasteiger partial charge on any atom is 0.228 e. The lowest BCUT2D eigenvalue weighted by atomic mass is 10.2. The van der Waals surface area contributed by atoms with Crippen LogP contribution in [0, 0.1) is 18.8 Å². The zero-order valence-electron chi connectivity index (χ0n) is 13.7. The predicted octanol–water partition coefficient (Wildman–Crippen LogP) is 3.15. The fourth-order valence-electron chi connectivity index (χ4n) is 2.45. The van der Waals surface area contributed by atoms with Gasteiger partial charge >= 0.3 is 0 Å². The van der Waals surface area contributed by atoms with Crippen molar-refractivity contribution in [1.82, 2.24) is 5.32 Å². The lowest BCUT2D eigenvalue weighted by Crippen LogP contribution is -2.28. The third-order valence-corrected chi connectivity index (χ3v) is 4.44. The molecule has 0 spiro atoms. The summed E-state index contributed by atoms with van der Waals surface area (Å²) in [5.74, 6) is -0.152. The molecule has 1 aliphatic carbocycles. The van der Waals surface area contributed by atoms with Gasteiger partial charge in [-0.25, -0.2) is 0 Å². The molecule has 2 rings (SSSR count). The van der Waals surface area contributed by atoms with Gasteiger partial charge in [0.25, 0.3) is 0 Å². The predicted molar refractivity (Wildman–Crippen MR) is 90.9 cm³/mol. The van der Waals surface area contributed by atoms with Gasteiger partial charge < -0.3 is 15.4 Å². The number of anilines is 1. The second kappa shape index (κ2) is 7.68. The van der Waals surface area contributed by atoms with Crippen LogP contribution in [0.2, 0.25) is 5.02 Å². The molecule has 2 unspecified atom stereocenters.